The lowest BCUT2D eigenvalue weighted by atomic mass is 10.4. The second-order valence-corrected chi connectivity index (χ2v) is 6.55. The van der Waals surface area contributed by atoms with Gasteiger partial charge in [0.15, 0.2) is 9.84 Å². The van der Waals surface area contributed by atoms with Gasteiger partial charge in [-0.15, -0.1) is 0 Å². The summed E-state index contributed by atoms with van der Waals surface area (Å²) >= 11 is 8.13. The van der Waals surface area contributed by atoms with E-state index in [4.69, 9.17) is 12.2 Å². The minimum Gasteiger partial charge on any atom is -0.333 e. The third kappa shape index (κ3) is 2.61. The summed E-state index contributed by atoms with van der Waals surface area (Å²) in [6.07, 6.45) is 2.66. The lowest BCUT2D eigenvalue weighted by Crippen LogP contribution is -2.11. The van der Waals surface area contributed by atoms with Crippen molar-refractivity contribution >= 4 is 38.0 Å². The molecule has 0 fully saturated rings. The van der Waals surface area contributed by atoms with Gasteiger partial charge in [-0.3, -0.25) is 0 Å². The second kappa shape index (κ2) is 4.08. The van der Waals surface area contributed by atoms with Crippen LogP contribution in [0, 0.1) is 4.64 Å². The molecule has 1 aromatic heterocycles. The van der Waals surface area contributed by atoms with E-state index in [-0.39, 0.29) is 0 Å². The maximum atomic E-state index is 11.2. The standard InChI is InChI=1S/C7H9BrN2O2S2/c1-4(14(2,11)12)6-9-3-5(8)7(13)10-6/h3-4H,1-2H3,(H,9,10,13). The van der Waals surface area contributed by atoms with Crippen LogP contribution in [0.15, 0.2) is 10.7 Å². The van der Waals surface area contributed by atoms with Crippen molar-refractivity contribution in [2.75, 3.05) is 6.26 Å². The highest BCUT2D eigenvalue weighted by atomic mass is 79.9. The van der Waals surface area contributed by atoms with E-state index in [1.807, 2.05) is 0 Å². The minimum absolute atomic E-state index is 0.362. The van der Waals surface area contributed by atoms with Crippen molar-refractivity contribution in [3.63, 3.8) is 0 Å². The van der Waals surface area contributed by atoms with E-state index in [0.717, 1.165) is 6.26 Å². The molecule has 1 aromatic rings. The molecule has 0 spiro atoms. The molecule has 78 valence electrons. The fourth-order valence-corrected chi connectivity index (χ4v) is 1.69. The van der Waals surface area contributed by atoms with E-state index in [0.29, 0.717) is 14.9 Å². The maximum absolute atomic E-state index is 11.2. The Morgan fingerprint density at radius 2 is 2.21 bits per heavy atom. The Kier molecular flexibility index (Phi) is 3.44. The zero-order valence-corrected chi connectivity index (χ0v) is 10.8. The second-order valence-electron chi connectivity index (χ2n) is 2.92. The molecule has 0 bridgehead atoms. The Morgan fingerprint density at radius 1 is 1.64 bits per heavy atom. The number of H-pyrrole nitrogens is 1. The smallest absolute Gasteiger partial charge is 0.157 e. The number of rotatable bonds is 2. The van der Waals surface area contributed by atoms with Crippen LogP contribution in [-0.4, -0.2) is 24.6 Å². The molecule has 0 saturated heterocycles. The summed E-state index contributed by atoms with van der Waals surface area (Å²) < 4.78 is 23.5. The van der Waals surface area contributed by atoms with Crippen LogP contribution in [0.3, 0.4) is 0 Å². The molecular weight excluding hydrogens is 288 g/mol. The molecule has 0 aliphatic heterocycles. The van der Waals surface area contributed by atoms with Gasteiger partial charge in [-0.05, 0) is 22.9 Å². The van der Waals surface area contributed by atoms with Crippen molar-refractivity contribution in [2.24, 2.45) is 0 Å². The van der Waals surface area contributed by atoms with Crippen molar-refractivity contribution in [1.82, 2.24) is 9.97 Å². The average Bonchev–Trinajstić information content (AvgIpc) is 2.07. The molecule has 0 aromatic carbocycles. The number of aromatic amines is 1. The topological polar surface area (TPSA) is 62.8 Å². The van der Waals surface area contributed by atoms with Gasteiger partial charge in [0.25, 0.3) is 0 Å². The highest BCUT2D eigenvalue weighted by molar-refractivity contribution is 9.10. The van der Waals surface area contributed by atoms with Crippen LogP contribution in [-0.2, 0) is 9.84 Å². The fourth-order valence-electron chi connectivity index (χ4n) is 0.803. The van der Waals surface area contributed by atoms with Crippen LogP contribution < -0.4 is 0 Å². The molecule has 0 amide bonds. The van der Waals surface area contributed by atoms with Crippen molar-refractivity contribution in [3.05, 3.63) is 21.1 Å². The van der Waals surface area contributed by atoms with Crippen LogP contribution in [0.1, 0.15) is 18.0 Å². The average molecular weight is 297 g/mol. The first-order valence-electron chi connectivity index (χ1n) is 3.76. The van der Waals surface area contributed by atoms with Crippen molar-refractivity contribution in [3.8, 4) is 0 Å². The lowest BCUT2D eigenvalue weighted by Gasteiger charge is -2.08. The molecule has 1 heterocycles. The van der Waals surface area contributed by atoms with E-state index in [9.17, 15) is 8.42 Å². The monoisotopic (exact) mass is 296 g/mol. The molecule has 0 radical (unpaired) electrons. The van der Waals surface area contributed by atoms with Gasteiger partial charge in [0.1, 0.15) is 15.7 Å². The van der Waals surface area contributed by atoms with Crippen LogP contribution in [0.5, 0.6) is 0 Å². The molecule has 0 aliphatic rings. The van der Waals surface area contributed by atoms with Gasteiger partial charge >= 0.3 is 0 Å². The number of aromatic nitrogens is 2. The summed E-state index contributed by atoms with van der Waals surface area (Å²) in [5.41, 5.74) is 0. The van der Waals surface area contributed by atoms with Crippen LogP contribution >= 0.6 is 28.1 Å². The SMILES string of the molecule is CC(c1ncc(Br)c(=S)[nH]1)S(C)(=O)=O. The molecule has 1 rings (SSSR count). The summed E-state index contributed by atoms with van der Waals surface area (Å²) in [5, 5.41) is -0.669. The summed E-state index contributed by atoms with van der Waals surface area (Å²) in [6, 6.07) is 0. The molecule has 1 unspecified atom stereocenters. The third-order valence-corrected chi connectivity index (χ3v) is 4.50. The molecule has 4 nitrogen and oxygen atoms in total. The van der Waals surface area contributed by atoms with E-state index in [1.54, 1.807) is 6.92 Å². The van der Waals surface area contributed by atoms with Gasteiger partial charge in [-0.25, -0.2) is 13.4 Å². The number of halogens is 1. The third-order valence-electron chi connectivity index (χ3n) is 1.80. The van der Waals surface area contributed by atoms with Crippen molar-refractivity contribution < 1.29 is 8.42 Å². The Bertz CT molecular complexity index is 495. The predicted molar refractivity (Wildman–Crippen MR) is 60.4 cm³/mol. The summed E-state index contributed by atoms with van der Waals surface area (Å²) in [7, 11) is -3.14. The van der Waals surface area contributed by atoms with Crippen molar-refractivity contribution in [1.29, 1.82) is 0 Å². The zero-order valence-electron chi connectivity index (χ0n) is 7.61. The normalized spacial score (nSPS) is 13.9. The molecule has 0 aliphatic carbocycles. The predicted octanol–water partition coefficient (Wildman–Crippen LogP) is 2.01. The van der Waals surface area contributed by atoms with Crippen LogP contribution in [0.2, 0.25) is 0 Å². The number of hydrogen-bond acceptors (Lipinski definition) is 4. The zero-order chi connectivity index (χ0) is 10.9. The summed E-state index contributed by atoms with van der Waals surface area (Å²) in [6.45, 7) is 1.57. The molecule has 1 atom stereocenters. The molecule has 14 heavy (non-hydrogen) atoms. The Balaban J connectivity index is 3.23. The largest absolute Gasteiger partial charge is 0.333 e. The molecule has 7 heteroatoms. The van der Waals surface area contributed by atoms with Gasteiger partial charge in [-0.1, -0.05) is 12.2 Å². The fraction of sp³-hybridized carbons (Fsp3) is 0.429. The van der Waals surface area contributed by atoms with Crippen LogP contribution in [0.25, 0.3) is 0 Å². The van der Waals surface area contributed by atoms with Gasteiger partial charge in [0.2, 0.25) is 0 Å². The molecule has 0 saturated carbocycles. The summed E-state index contributed by atoms with van der Waals surface area (Å²) in [4.78, 5) is 6.72. The lowest BCUT2D eigenvalue weighted by molar-refractivity contribution is 0.589. The van der Waals surface area contributed by atoms with Gasteiger partial charge < -0.3 is 4.98 Å². The Labute approximate surface area is 95.8 Å². The highest BCUT2D eigenvalue weighted by Gasteiger charge is 2.19. The van der Waals surface area contributed by atoms with Gasteiger partial charge in [0, 0.05) is 12.5 Å². The maximum Gasteiger partial charge on any atom is 0.157 e. The van der Waals surface area contributed by atoms with E-state index < -0.39 is 15.1 Å². The molecule has 1 N–H and O–H groups in total. The minimum atomic E-state index is -3.14. The number of sulfone groups is 1. The number of nitrogens with zero attached hydrogens (tertiary/aromatic N) is 1. The first-order chi connectivity index (χ1) is 6.32. The first kappa shape index (κ1) is 11.8. The van der Waals surface area contributed by atoms with Gasteiger partial charge in [0.05, 0.1) is 4.47 Å². The van der Waals surface area contributed by atoms with Crippen LogP contribution in [0.4, 0.5) is 0 Å². The highest BCUT2D eigenvalue weighted by Crippen LogP contribution is 2.18. The van der Waals surface area contributed by atoms with E-state index in [1.165, 1.54) is 6.20 Å². The molecular formula is C7H9BrN2O2S2. The number of hydrogen-bond donors (Lipinski definition) is 1. The number of nitrogens with one attached hydrogen (secondary N) is 1. The van der Waals surface area contributed by atoms with Crippen molar-refractivity contribution in [2.45, 2.75) is 12.2 Å². The summed E-state index contributed by atoms with van der Waals surface area (Å²) in [5.74, 6) is 0.362. The van der Waals surface area contributed by atoms with E-state index >= 15 is 0 Å². The van der Waals surface area contributed by atoms with E-state index in [2.05, 4.69) is 25.9 Å². The Hall–Kier alpha value is -0.270. The van der Waals surface area contributed by atoms with Gasteiger partial charge in [-0.2, -0.15) is 0 Å². The first-order valence-corrected chi connectivity index (χ1v) is 6.91. The Morgan fingerprint density at radius 3 is 2.64 bits per heavy atom. The quantitative estimate of drug-likeness (QED) is 0.848.